The fraction of sp³-hybridized carbons (Fsp3) is 0.517. The van der Waals surface area contributed by atoms with Crippen LogP contribution in [0, 0.1) is 5.92 Å². The number of rotatable bonds is 9. The number of anilines is 2. The summed E-state index contributed by atoms with van der Waals surface area (Å²) in [7, 11) is -3.16. The molecule has 0 saturated heterocycles. The van der Waals surface area contributed by atoms with Crippen molar-refractivity contribution >= 4 is 38.2 Å². The fourth-order valence-electron chi connectivity index (χ4n) is 5.16. The topological polar surface area (TPSA) is 120 Å². The van der Waals surface area contributed by atoms with Crippen molar-refractivity contribution in [3.63, 3.8) is 0 Å². The van der Waals surface area contributed by atoms with Crippen molar-refractivity contribution in [2.24, 2.45) is 5.92 Å². The van der Waals surface area contributed by atoms with E-state index in [0.717, 1.165) is 16.3 Å². The number of aromatic nitrogens is 3. The third-order valence-electron chi connectivity index (χ3n) is 7.71. The van der Waals surface area contributed by atoms with E-state index in [4.69, 9.17) is 14.5 Å². The lowest BCUT2D eigenvalue weighted by atomic mass is 9.93. The van der Waals surface area contributed by atoms with Crippen LogP contribution in [-0.2, 0) is 21.0 Å². The van der Waals surface area contributed by atoms with Gasteiger partial charge in [0.2, 0.25) is 5.88 Å². The van der Waals surface area contributed by atoms with Gasteiger partial charge in [-0.1, -0.05) is 6.92 Å². The first-order valence-corrected chi connectivity index (χ1v) is 15.4. The highest BCUT2D eigenvalue weighted by Gasteiger charge is 2.34. The van der Waals surface area contributed by atoms with E-state index >= 15 is 0 Å². The van der Waals surface area contributed by atoms with Crippen LogP contribution in [0.15, 0.2) is 30.6 Å². The molecule has 0 unspecified atom stereocenters. The summed E-state index contributed by atoms with van der Waals surface area (Å²) in [5, 5.41) is 4.56. The Bertz CT molecular complexity index is 1530. The molecule has 1 N–H and O–H groups in total. The third-order valence-corrected chi connectivity index (χ3v) is 9.36. The van der Waals surface area contributed by atoms with Gasteiger partial charge in [0, 0.05) is 31.5 Å². The van der Waals surface area contributed by atoms with Crippen molar-refractivity contribution in [3.8, 4) is 5.88 Å². The molecule has 1 aliphatic heterocycles. The average Bonchev–Trinajstić information content (AvgIpc) is 3.68. The van der Waals surface area contributed by atoms with Gasteiger partial charge in [-0.15, -0.1) is 0 Å². The van der Waals surface area contributed by atoms with E-state index in [2.05, 4.69) is 22.2 Å². The molecular formula is C29H36N4O5S. The van der Waals surface area contributed by atoms with Crippen LogP contribution >= 0.6 is 0 Å². The molecule has 0 radical (unpaired) electrons. The largest absolute Gasteiger partial charge is 0.474 e. The Hall–Kier alpha value is -3.27. The van der Waals surface area contributed by atoms with Gasteiger partial charge in [0.1, 0.15) is 27.1 Å². The van der Waals surface area contributed by atoms with Crippen LogP contribution in [0.25, 0.3) is 10.8 Å². The van der Waals surface area contributed by atoms with Gasteiger partial charge in [-0.3, -0.25) is 0 Å². The zero-order valence-corrected chi connectivity index (χ0v) is 24.1. The molecule has 0 spiro atoms. The van der Waals surface area contributed by atoms with Crippen LogP contribution in [0.4, 0.5) is 11.6 Å². The molecule has 1 saturated carbocycles. The number of pyridine rings is 3. The van der Waals surface area contributed by atoms with Crippen LogP contribution in [0.5, 0.6) is 5.88 Å². The van der Waals surface area contributed by atoms with E-state index in [1.165, 1.54) is 19.1 Å². The molecule has 3 atom stereocenters. The maximum Gasteiger partial charge on any atom is 0.340 e. The quantitative estimate of drug-likeness (QED) is 0.350. The van der Waals surface area contributed by atoms with Crippen molar-refractivity contribution in [1.29, 1.82) is 0 Å². The Morgan fingerprint density at radius 2 is 1.85 bits per heavy atom. The Kier molecular flexibility index (Phi) is 7.03. The summed E-state index contributed by atoms with van der Waals surface area (Å²) in [6.07, 6.45) is 7.82. The Morgan fingerprint density at radius 3 is 2.54 bits per heavy atom. The first-order valence-electron chi connectivity index (χ1n) is 13.4. The molecule has 208 valence electrons. The van der Waals surface area contributed by atoms with Crippen LogP contribution in [0.1, 0.15) is 81.4 Å². The molecule has 0 aromatic carbocycles. The van der Waals surface area contributed by atoms with Gasteiger partial charge in [-0.25, -0.2) is 28.2 Å². The van der Waals surface area contributed by atoms with Crippen molar-refractivity contribution in [2.45, 2.75) is 83.2 Å². The molecule has 4 heterocycles. The number of carbonyl (C=O) groups is 1. The zero-order chi connectivity index (χ0) is 28.1. The summed E-state index contributed by atoms with van der Waals surface area (Å²) < 4.78 is 35.5. The van der Waals surface area contributed by atoms with E-state index in [1.54, 1.807) is 25.3 Å². The SMILES string of the molecule is C[C@H](C[C@@H](C)S(C)(=O)=O)Oc1ncc([C@H](C)C2CC2)c2cc(Nc3ccc4c(n3)CC(C)(C)OC4=O)ncc12. The second-order valence-corrected chi connectivity index (χ2v) is 14.2. The van der Waals surface area contributed by atoms with E-state index in [1.807, 2.05) is 33.0 Å². The van der Waals surface area contributed by atoms with Gasteiger partial charge in [-0.2, -0.15) is 0 Å². The van der Waals surface area contributed by atoms with Crippen molar-refractivity contribution in [2.75, 3.05) is 11.6 Å². The second-order valence-electron chi connectivity index (χ2n) is 11.7. The van der Waals surface area contributed by atoms with Gasteiger partial charge in [-0.05, 0) is 81.5 Å². The van der Waals surface area contributed by atoms with E-state index in [9.17, 15) is 13.2 Å². The Morgan fingerprint density at radius 1 is 1.10 bits per heavy atom. The fourth-order valence-corrected chi connectivity index (χ4v) is 5.78. The number of nitrogens with one attached hydrogen (secondary N) is 1. The number of carbonyl (C=O) groups excluding carboxylic acids is 1. The summed E-state index contributed by atoms with van der Waals surface area (Å²) >= 11 is 0. The van der Waals surface area contributed by atoms with Gasteiger partial charge >= 0.3 is 5.97 Å². The molecule has 9 nitrogen and oxygen atoms in total. The third kappa shape index (κ3) is 6.00. The van der Waals surface area contributed by atoms with Gasteiger partial charge in [0.15, 0.2) is 0 Å². The lowest BCUT2D eigenvalue weighted by molar-refractivity contribution is -0.00714. The maximum absolute atomic E-state index is 12.4. The van der Waals surface area contributed by atoms with E-state index < -0.39 is 20.7 Å². The van der Waals surface area contributed by atoms with Crippen molar-refractivity contribution < 1.29 is 22.7 Å². The highest BCUT2D eigenvalue weighted by molar-refractivity contribution is 7.91. The first kappa shape index (κ1) is 27.3. The summed E-state index contributed by atoms with van der Waals surface area (Å²) in [4.78, 5) is 26.3. The lowest BCUT2D eigenvalue weighted by Crippen LogP contribution is -2.36. The van der Waals surface area contributed by atoms with Crippen LogP contribution in [-0.4, -0.2) is 52.5 Å². The van der Waals surface area contributed by atoms with Gasteiger partial charge in [0.25, 0.3) is 0 Å². The predicted octanol–water partition coefficient (Wildman–Crippen LogP) is 5.36. The lowest BCUT2D eigenvalue weighted by Gasteiger charge is -2.30. The van der Waals surface area contributed by atoms with Gasteiger partial charge < -0.3 is 14.8 Å². The molecule has 0 bridgehead atoms. The number of fused-ring (bicyclic) bond motifs is 2. The zero-order valence-electron chi connectivity index (χ0n) is 23.3. The number of esters is 1. The molecule has 2 aliphatic rings. The number of ether oxygens (including phenoxy) is 2. The van der Waals surface area contributed by atoms with Gasteiger partial charge in [0.05, 0.1) is 28.0 Å². The molecule has 1 aliphatic carbocycles. The Labute approximate surface area is 229 Å². The van der Waals surface area contributed by atoms with Crippen molar-refractivity contribution in [1.82, 2.24) is 15.0 Å². The molecule has 1 fully saturated rings. The summed E-state index contributed by atoms with van der Waals surface area (Å²) in [5.74, 6) is 2.26. The van der Waals surface area contributed by atoms with Crippen LogP contribution < -0.4 is 10.1 Å². The molecule has 5 rings (SSSR count). The standard InChI is InChI=1S/C29H36N4O5S/c1-16(11-17(2)39(6,35)36)37-27-23-15-30-26(12-21(23)22(14-31-27)18(3)19-7-8-19)33-25-10-9-20-24(32-25)13-29(4,5)38-28(20)34/h9-10,12,14-19H,7-8,11,13H2,1-6H3,(H,30,32,33)/t16-,17-,18-/m1/s1. The number of hydrogen-bond acceptors (Lipinski definition) is 9. The number of hydrogen-bond donors (Lipinski definition) is 1. The smallest absolute Gasteiger partial charge is 0.340 e. The second kappa shape index (κ2) is 10.0. The minimum absolute atomic E-state index is 0.335. The minimum Gasteiger partial charge on any atom is -0.474 e. The summed E-state index contributed by atoms with van der Waals surface area (Å²) in [6.45, 7) is 9.53. The molecule has 0 amide bonds. The molecule has 39 heavy (non-hydrogen) atoms. The van der Waals surface area contributed by atoms with Crippen molar-refractivity contribution in [3.05, 3.63) is 47.4 Å². The monoisotopic (exact) mass is 552 g/mol. The number of sulfone groups is 1. The first-order chi connectivity index (χ1) is 18.3. The minimum atomic E-state index is -3.16. The molecule has 3 aromatic rings. The van der Waals surface area contributed by atoms with E-state index in [0.29, 0.717) is 53.5 Å². The predicted molar refractivity (Wildman–Crippen MR) is 150 cm³/mol. The number of cyclic esters (lactones) is 1. The molecular weight excluding hydrogens is 516 g/mol. The summed E-state index contributed by atoms with van der Waals surface area (Å²) in [6, 6.07) is 5.48. The summed E-state index contributed by atoms with van der Waals surface area (Å²) in [5.41, 5.74) is 1.71. The Balaban J connectivity index is 1.46. The van der Waals surface area contributed by atoms with Crippen LogP contribution in [0.3, 0.4) is 0 Å². The average molecular weight is 553 g/mol. The highest BCUT2D eigenvalue weighted by Crippen LogP contribution is 2.45. The van der Waals surface area contributed by atoms with Crippen LogP contribution in [0.2, 0.25) is 0 Å². The maximum atomic E-state index is 12.4. The van der Waals surface area contributed by atoms with E-state index in [-0.39, 0.29) is 12.1 Å². The molecule has 10 heteroatoms. The number of nitrogens with zero attached hydrogens (tertiary/aromatic N) is 3. The highest BCUT2D eigenvalue weighted by atomic mass is 32.2. The normalized spacial score (nSPS) is 19.1. The molecule has 3 aromatic heterocycles.